The van der Waals surface area contributed by atoms with Crippen LogP contribution in [0.1, 0.15) is 200 Å². The van der Waals surface area contributed by atoms with E-state index in [1.165, 1.54) is 141 Å². The summed E-state index contributed by atoms with van der Waals surface area (Å²) >= 11 is 0. The number of likely N-dealkylation sites (N-methyl/N-ethyl adjacent to an activating group) is 1. The van der Waals surface area contributed by atoms with Crippen molar-refractivity contribution in [1.29, 1.82) is 0 Å². The number of allylic oxidation sites excluding steroid dienone is 5. The summed E-state index contributed by atoms with van der Waals surface area (Å²) in [5.74, 6) is -0.211. The van der Waals surface area contributed by atoms with Crippen LogP contribution in [0.15, 0.2) is 36.5 Å². The van der Waals surface area contributed by atoms with Crippen LogP contribution in [0.3, 0.4) is 0 Å². The molecule has 0 aromatic heterocycles. The second kappa shape index (κ2) is 38.2. The van der Waals surface area contributed by atoms with Gasteiger partial charge in [-0.05, 0) is 57.8 Å². The van der Waals surface area contributed by atoms with Crippen LogP contribution in [0, 0.1) is 0 Å². The molecule has 0 radical (unpaired) electrons. The molecule has 0 rings (SSSR count). The number of carbonyl (C=O) groups is 1. The van der Waals surface area contributed by atoms with Gasteiger partial charge in [0.2, 0.25) is 5.91 Å². The first-order valence-electron chi connectivity index (χ1n) is 22.9. The number of phosphoric ester groups is 1. The van der Waals surface area contributed by atoms with Crippen molar-refractivity contribution in [3.8, 4) is 0 Å². The van der Waals surface area contributed by atoms with E-state index < -0.39 is 26.6 Å². The van der Waals surface area contributed by atoms with E-state index in [4.69, 9.17) is 9.05 Å². The van der Waals surface area contributed by atoms with Gasteiger partial charge in [0, 0.05) is 6.42 Å². The Kier molecular flexibility index (Phi) is 37.4. The number of amides is 1. The molecule has 8 nitrogen and oxygen atoms in total. The van der Waals surface area contributed by atoms with Crippen molar-refractivity contribution in [2.75, 3.05) is 40.9 Å². The molecule has 0 aliphatic rings. The number of quaternary nitrogens is 1. The van der Waals surface area contributed by atoms with Crippen molar-refractivity contribution < 1.29 is 32.9 Å². The van der Waals surface area contributed by atoms with E-state index in [-0.39, 0.29) is 12.5 Å². The number of phosphoric acid groups is 1. The summed E-state index contributed by atoms with van der Waals surface area (Å²) in [5, 5.41) is 13.8. The van der Waals surface area contributed by atoms with Crippen LogP contribution >= 0.6 is 7.82 Å². The lowest BCUT2D eigenvalue weighted by molar-refractivity contribution is -0.870. The topological polar surface area (TPSA) is 108 Å². The maximum absolute atomic E-state index is 12.9. The van der Waals surface area contributed by atoms with Crippen molar-refractivity contribution in [1.82, 2.24) is 5.32 Å². The average molecular weight is 797 g/mol. The van der Waals surface area contributed by atoms with Crippen molar-refractivity contribution >= 4 is 13.7 Å². The van der Waals surface area contributed by atoms with E-state index >= 15 is 0 Å². The molecular weight excluding hydrogens is 707 g/mol. The normalized spacial score (nSPS) is 14.7. The summed E-state index contributed by atoms with van der Waals surface area (Å²) in [5.41, 5.74) is 0. The second-order valence-electron chi connectivity index (χ2n) is 16.7. The Morgan fingerprint density at radius 2 is 1.02 bits per heavy atom. The van der Waals surface area contributed by atoms with E-state index in [0.29, 0.717) is 17.4 Å². The zero-order chi connectivity index (χ0) is 40.7. The quantitative estimate of drug-likeness (QED) is 0.0276. The summed E-state index contributed by atoms with van der Waals surface area (Å²) in [7, 11) is 1.24. The Morgan fingerprint density at radius 1 is 0.618 bits per heavy atom. The molecule has 0 aromatic carbocycles. The minimum atomic E-state index is -4.59. The van der Waals surface area contributed by atoms with Crippen molar-refractivity contribution in [3.63, 3.8) is 0 Å². The summed E-state index contributed by atoms with van der Waals surface area (Å²) in [4.78, 5) is 25.3. The van der Waals surface area contributed by atoms with E-state index in [1.807, 2.05) is 27.2 Å². The first-order valence-corrected chi connectivity index (χ1v) is 24.3. The number of hydrogen-bond donors (Lipinski definition) is 2. The maximum atomic E-state index is 12.9. The van der Waals surface area contributed by atoms with E-state index in [2.05, 4.69) is 43.5 Å². The molecule has 55 heavy (non-hydrogen) atoms. The minimum Gasteiger partial charge on any atom is -0.756 e. The Morgan fingerprint density at radius 3 is 1.47 bits per heavy atom. The number of carbonyl (C=O) groups excluding carboxylic acids is 1. The van der Waals surface area contributed by atoms with Crippen LogP contribution < -0.4 is 10.2 Å². The molecule has 324 valence electrons. The number of nitrogens with zero attached hydrogens (tertiary/aromatic N) is 1. The standard InChI is InChI=1S/C46H89N2O6P/c1-6-8-10-12-14-16-18-20-22-23-24-25-26-28-30-32-34-36-38-40-46(50)47-44(43-54-55(51,52)53-42-41-48(3,4)5)45(49)39-37-35-33-31-29-27-21-19-17-15-13-11-9-7-2/h20,22,29,31,37,39,44-45,49H,6-19,21,23-28,30,32-36,38,40-43H2,1-5H3,(H-,47,50,51,52)/b22-20-,31-29+,39-37+. The van der Waals surface area contributed by atoms with Crippen LogP contribution in [0.25, 0.3) is 0 Å². The van der Waals surface area contributed by atoms with E-state index in [9.17, 15) is 19.4 Å². The van der Waals surface area contributed by atoms with Crippen molar-refractivity contribution in [2.24, 2.45) is 0 Å². The van der Waals surface area contributed by atoms with Gasteiger partial charge in [0.15, 0.2) is 0 Å². The molecule has 0 aliphatic carbocycles. The van der Waals surface area contributed by atoms with Crippen LogP contribution in [0.4, 0.5) is 0 Å². The van der Waals surface area contributed by atoms with Gasteiger partial charge in [-0.1, -0.05) is 172 Å². The molecule has 0 heterocycles. The Balaban J connectivity index is 4.41. The van der Waals surface area contributed by atoms with E-state index in [0.717, 1.165) is 38.5 Å². The molecule has 0 saturated heterocycles. The number of nitrogens with one attached hydrogen (secondary N) is 1. The smallest absolute Gasteiger partial charge is 0.268 e. The van der Waals surface area contributed by atoms with Crippen molar-refractivity contribution in [3.05, 3.63) is 36.5 Å². The fourth-order valence-electron chi connectivity index (χ4n) is 6.40. The highest BCUT2D eigenvalue weighted by Crippen LogP contribution is 2.38. The number of hydrogen-bond acceptors (Lipinski definition) is 6. The molecule has 0 bridgehead atoms. The second-order valence-corrected chi connectivity index (χ2v) is 18.2. The highest BCUT2D eigenvalue weighted by molar-refractivity contribution is 7.45. The highest BCUT2D eigenvalue weighted by Gasteiger charge is 2.23. The van der Waals surface area contributed by atoms with Crippen LogP contribution in [-0.2, 0) is 18.4 Å². The molecule has 0 fully saturated rings. The zero-order valence-corrected chi connectivity index (χ0v) is 37.5. The van der Waals surface area contributed by atoms with Gasteiger partial charge >= 0.3 is 0 Å². The monoisotopic (exact) mass is 797 g/mol. The molecule has 0 aromatic rings. The molecule has 0 aliphatic heterocycles. The highest BCUT2D eigenvalue weighted by atomic mass is 31.2. The molecule has 0 spiro atoms. The summed E-state index contributed by atoms with van der Waals surface area (Å²) in [6, 6.07) is -0.902. The van der Waals surface area contributed by atoms with Crippen LogP contribution in [0.2, 0.25) is 0 Å². The van der Waals surface area contributed by atoms with E-state index in [1.54, 1.807) is 6.08 Å². The third-order valence-electron chi connectivity index (χ3n) is 10.1. The molecule has 3 unspecified atom stereocenters. The Labute approximate surface area is 340 Å². The molecule has 3 atom stereocenters. The van der Waals surface area contributed by atoms with Crippen molar-refractivity contribution in [2.45, 2.75) is 212 Å². The first-order chi connectivity index (χ1) is 26.5. The maximum Gasteiger partial charge on any atom is 0.268 e. The van der Waals surface area contributed by atoms with Crippen LogP contribution in [0.5, 0.6) is 0 Å². The predicted molar refractivity (Wildman–Crippen MR) is 233 cm³/mol. The summed E-state index contributed by atoms with van der Waals surface area (Å²) in [6.45, 7) is 4.61. The summed E-state index contributed by atoms with van der Waals surface area (Å²) < 4.78 is 23.2. The van der Waals surface area contributed by atoms with Gasteiger partial charge in [0.05, 0.1) is 39.9 Å². The zero-order valence-electron chi connectivity index (χ0n) is 36.6. The van der Waals surface area contributed by atoms with Crippen LogP contribution in [-0.4, -0.2) is 68.5 Å². The lowest BCUT2D eigenvalue weighted by atomic mass is 10.0. The Bertz CT molecular complexity index is 995. The average Bonchev–Trinajstić information content (AvgIpc) is 3.13. The first kappa shape index (κ1) is 53.7. The molecule has 9 heteroatoms. The number of rotatable bonds is 41. The number of aliphatic hydroxyl groups is 1. The SMILES string of the molecule is CCCCCCCC/C=C\CCCCCCCCCCCC(=O)NC(COP(=O)([O-])OCC[N+](C)(C)C)C(O)/C=C/CC/C=C/CCCCCCCCCC. The van der Waals surface area contributed by atoms with Gasteiger partial charge in [0.25, 0.3) is 7.82 Å². The van der Waals surface area contributed by atoms with Gasteiger partial charge < -0.3 is 28.8 Å². The molecule has 2 N–H and O–H groups in total. The van der Waals surface area contributed by atoms with Gasteiger partial charge in [-0.2, -0.15) is 0 Å². The summed E-state index contributed by atoms with van der Waals surface area (Å²) in [6.07, 6.45) is 46.2. The van der Waals surface area contributed by atoms with Gasteiger partial charge in [-0.25, -0.2) is 0 Å². The minimum absolute atomic E-state index is 0.00662. The van der Waals surface area contributed by atoms with Gasteiger partial charge in [-0.3, -0.25) is 9.36 Å². The number of unbranched alkanes of at least 4 members (excludes halogenated alkanes) is 24. The fraction of sp³-hybridized carbons (Fsp3) is 0.848. The molecule has 1 amide bonds. The largest absolute Gasteiger partial charge is 0.756 e. The van der Waals surface area contributed by atoms with Gasteiger partial charge in [-0.15, -0.1) is 0 Å². The third kappa shape index (κ3) is 40.7. The molecule has 0 saturated carbocycles. The molecular formula is C46H89N2O6P. The fourth-order valence-corrected chi connectivity index (χ4v) is 7.12. The van der Waals surface area contributed by atoms with Gasteiger partial charge in [0.1, 0.15) is 13.2 Å². The Hall–Kier alpha value is -1.28. The third-order valence-corrected chi connectivity index (χ3v) is 11.0. The lowest BCUT2D eigenvalue weighted by Gasteiger charge is -2.29. The lowest BCUT2D eigenvalue weighted by Crippen LogP contribution is -2.45. The number of aliphatic hydroxyl groups excluding tert-OH is 1. The predicted octanol–water partition coefficient (Wildman–Crippen LogP) is 12.1.